The predicted octanol–water partition coefficient (Wildman–Crippen LogP) is 3.58. The zero-order valence-corrected chi connectivity index (χ0v) is 13.8. The van der Waals surface area contributed by atoms with E-state index in [9.17, 15) is 0 Å². The van der Waals surface area contributed by atoms with Crippen molar-refractivity contribution in [1.29, 1.82) is 0 Å². The molecule has 0 spiro atoms. The van der Waals surface area contributed by atoms with E-state index in [2.05, 4.69) is 45.3 Å². The Kier molecular flexibility index (Phi) is 4.90. The Morgan fingerprint density at radius 2 is 2.10 bits per heavy atom. The molecule has 1 N–H and O–H groups in total. The molecule has 1 aromatic rings. The fourth-order valence-electron chi connectivity index (χ4n) is 3.59. The van der Waals surface area contributed by atoms with Crippen LogP contribution in [0.5, 0.6) is 0 Å². The van der Waals surface area contributed by atoms with Gasteiger partial charge in [-0.2, -0.15) is 5.10 Å². The van der Waals surface area contributed by atoms with E-state index >= 15 is 0 Å². The second-order valence-corrected chi connectivity index (χ2v) is 7.46. The second-order valence-electron chi connectivity index (χ2n) is 7.46. The number of rotatable bonds is 4. The molecule has 1 saturated carbocycles. The maximum absolute atomic E-state index is 4.70. The third-order valence-corrected chi connectivity index (χ3v) is 4.99. The van der Waals surface area contributed by atoms with Crippen LogP contribution in [0, 0.1) is 17.3 Å². The van der Waals surface area contributed by atoms with Gasteiger partial charge in [-0.05, 0) is 55.7 Å². The molecule has 1 aliphatic rings. The first kappa shape index (κ1) is 15.6. The first-order chi connectivity index (χ1) is 9.41. The Morgan fingerprint density at radius 1 is 1.35 bits per heavy atom. The molecule has 0 bridgehead atoms. The summed E-state index contributed by atoms with van der Waals surface area (Å²) in [6.45, 7) is 11.5. The van der Waals surface area contributed by atoms with E-state index in [4.69, 9.17) is 5.10 Å². The fourth-order valence-corrected chi connectivity index (χ4v) is 3.59. The van der Waals surface area contributed by atoms with E-state index in [1.54, 1.807) is 0 Å². The van der Waals surface area contributed by atoms with Crippen LogP contribution < -0.4 is 5.32 Å². The summed E-state index contributed by atoms with van der Waals surface area (Å²) in [6.07, 6.45) is 6.07. The largest absolute Gasteiger partial charge is 0.317 e. The fraction of sp³-hybridized carbons (Fsp3) is 0.824. The van der Waals surface area contributed by atoms with Crippen LogP contribution >= 0.6 is 0 Å². The first-order valence-corrected chi connectivity index (χ1v) is 8.12. The SMILES string of the molecule is CCNCC1CCC(C(C)(C)C)CC1c1ccn(C)n1. The summed E-state index contributed by atoms with van der Waals surface area (Å²) in [5, 5.41) is 8.24. The highest BCUT2D eigenvalue weighted by molar-refractivity contribution is 5.11. The van der Waals surface area contributed by atoms with Crippen molar-refractivity contribution in [2.75, 3.05) is 13.1 Å². The lowest BCUT2D eigenvalue weighted by atomic mass is 9.65. The zero-order valence-electron chi connectivity index (χ0n) is 13.8. The second kappa shape index (κ2) is 6.30. The van der Waals surface area contributed by atoms with Gasteiger partial charge in [-0.25, -0.2) is 0 Å². The lowest BCUT2D eigenvalue weighted by molar-refractivity contribution is 0.128. The predicted molar refractivity (Wildman–Crippen MR) is 84.8 cm³/mol. The van der Waals surface area contributed by atoms with Crippen LogP contribution in [0.15, 0.2) is 12.3 Å². The number of nitrogens with one attached hydrogen (secondary N) is 1. The zero-order chi connectivity index (χ0) is 14.8. The highest BCUT2D eigenvalue weighted by Crippen LogP contribution is 2.46. The summed E-state index contributed by atoms with van der Waals surface area (Å²) in [7, 11) is 2.02. The van der Waals surface area contributed by atoms with Crippen molar-refractivity contribution in [2.24, 2.45) is 24.3 Å². The van der Waals surface area contributed by atoms with E-state index in [1.165, 1.54) is 25.0 Å². The van der Waals surface area contributed by atoms with Crippen LogP contribution in [0.2, 0.25) is 0 Å². The molecule has 0 aliphatic heterocycles. The number of nitrogens with zero attached hydrogens (tertiary/aromatic N) is 2. The van der Waals surface area contributed by atoms with Crippen LogP contribution in [0.3, 0.4) is 0 Å². The Bertz CT molecular complexity index is 416. The minimum Gasteiger partial charge on any atom is -0.317 e. The lowest BCUT2D eigenvalue weighted by Crippen LogP contribution is -2.35. The van der Waals surface area contributed by atoms with Gasteiger partial charge in [0.1, 0.15) is 0 Å². The Morgan fingerprint density at radius 3 is 2.65 bits per heavy atom. The van der Waals surface area contributed by atoms with Crippen molar-refractivity contribution >= 4 is 0 Å². The van der Waals surface area contributed by atoms with Crippen molar-refractivity contribution in [2.45, 2.75) is 52.9 Å². The van der Waals surface area contributed by atoms with Gasteiger partial charge in [-0.1, -0.05) is 27.7 Å². The molecule has 3 nitrogen and oxygen atoms in total. The Balaban J connectivity index is 2.14. The molecule has 0 aromatic carbocycles. The minimum atomic E-state index is 0.413. The van der Waals surface area contributed by atoms with Crippen molar-refractivity contribution in [3.63, 3.8) is 0 Å². The van der Waals surface area contributed by atoms with E-state index in [1.807, 2.05) is 11.7 Å². The lowest BCUT2D eigenvalue weighted by Gasteiger charge is -2.41. The normalized spacial score (nSPS) is 27.8. The van der Waals surface area contributed by atoms with Crippen LogP contribution in [0.25, 0.3) is 0 Å². The molecule has 1 aliphatic carbocycles. The summed E-state index contributed by atoms with van der Waals surface area (Å²) >= 11 is 0. The topological polar surface area (TPSA) is 29.9 Å². The van der Waals surface area contributed by atoms with Crippen LogP contribution in [-0.2, 0) is 7.05 Å². The maximum atomic E-state index is 4.70. The van der Waals surface area contributed by atoms with Gasteiger partial charge in [0.2, 0.25) is 0 Å². The molecule has 1 heterocycles. The standard InChI is InChI=1S/C17H31N3/c1-6-18-12-13-7-8-14(17(2,3)4)11-15(13)16-9-10-20(5)19-16/h9-10,13-15,18H,6-8,11-12H2,1-5H3. The van der Waals surface area contributed by atoms with Gasteiger partial charge >= 0.3 is 0 Å². The van der Waals surface area contributed by atoms with Crippen molar-refractivity contribution in [3.05, 3.63) is 18.0 Å². The van der Waals surface area contributed by atoms with Crippen molar-refractivity contribution in [3.8, 4) is 0 Å². The number of hydrogen-bond donors (Lipinski definition) is 1. The Labute approximate surface area is 124 Å². The van der Waals surface area contributed by atoms with Gasteiger partial charge in [0.25, 0.3) is 0 Å². The van der Waals surface area contributed by atoms with Crippen LogP contribution in [-0.4, -0.2) is 22.9 Å². The third kappa shape index (κ3) is 3.63. The van der Waals surface area contributed by atoms with Gasteiger partial charge in [-0.15, -0.1) is 0 Å². The molecule has 1 fully saturated rings. The van der Waals surface area contributed by atoms with E-state index in [0.29, 0.717) is 11.3 Å². The van der Waals surface area contributed by atoms with E-state index in [-0.39, 0.29) is 0 Å². The molecule has 0 amide bonds. The summed E-state index contributed by atoms with van der Waals surface area (Å²) < 4.78 is 1.94. The molecular weight excluding hydrogens is 246 g/mol. The van der Waals surface area contributed by atoms with Crippen molar-refractivity contribution in [1.82, 2.24) is 15.1 Å². The van der Waals surface area contributed by atoms with Crippen molar-refractivity contribution < 1.29 is 0 Å². The summed E-state index contributed by atoms with van der Waals surface area (Å²) in [4.78, 5) is 0. The van der Waals surface area contributed by atoms with Gasteiger partial charge in [0.05, 0.1) is 5.69 Å². The average Bonchev–Trinajstić information content (AvgIpc) is 2.81. The molecule has 1 aromatic heterocycles. The van der Waals surface area contributed by atoms with Crippen LogP contribution in [0.4, 0.5) is 0 Å². The van der Waals surface area contributed by atoms with Gasteiger partial charge in [0, 0.05) is 19.2 Å². The summed E-state index contributed by atoms with van der Waals surface area (Å²) in [6, 6.07) is 2.22. The highest BCUT2D eigenvalue weighted by atomic mass is 15.2. The smallest absolute Gasteiger partial charge is 0.0658 e. The summed E-state index contributed by atoms with van der Waals surface area (Å²) in [5.74, 6) is 2.17. The molecule has 3 heteroatoms. The molecule has 20 heavy (non-hydrogen) atoms. The van der Waals surface area contributed by atoms with E-state index in [0.717, 1.165) is 24.9 Å². The molecule has 0 saturated heterocycles. The quantitative estimate of drug-likeness (QED) is 0.911. The summed E-state index contributed by atoms with van der Waals surface area (Å²) in [5.41, 5.74) is 1.71. The maximum Gasteiger partial charge on any atom is 0.0658 e. The molecule has 2 rings (SSSR count). The monoisotopic (exact) mass is 277 g/mol. The number of hydrogen-bond acceptors (Lipinski definition) is 2. The van der Waals surface area contributed by atoms with E-state index < -0.39 is 0 Å². The number of aryl methyl sites for hydroxylation is 1. The minimum absolute atomic E-state index is 0.413. The molecular formula is C17H31N3. The number of aromatic nitrogens is 2. The van der Waals surface area contributed by atoms with Crippen LogP contribution in [0.1, 0.15) is 58.6 Å². The molecule has 3 unspecified atom stereocenters. The van der Waals surface area contributed by atoms with Gasteiger partial charge < -0.3 is 5.32 Å². The van der Waals surface area contributed by atoms with Gasteiger partial charge in [-0.3, -0.25) is 4.68 Å². The first-order valence-electron chi connectivity index (χ1n) is 8.12. The third-order valence-electron chi connectivity index (χ3n) is 4.99. The van der Waals surface area contributed by atoms with Gasteiger partial charge in [0.15, 0.2) is 0 Å². The molecule has 114 valence electrons. The molecule has 0 radical (unpaired) electrons. The average molecular weight is 277 g/mol. The molecule has 3 atom stereocenters. The highest BCUT2D eigenvalue weighted by Gasteiger charge is 2.37. The Hall–Kier alpha value is -0.830.